The largest absolute Gasteiger partial charge is 0.381 e. The average molecular weight is 286 g/mol. The molecule has 112 valence electrons. The number of thioether (sulfide) groups is 1. The summed E-state index contributed by atoms with van der Waals surface area (Å²) >= 11 is 1.95. The molecule has 0 amide bonds. The summed E-state index contributed by atoms with van der Waals surface area (Å²) in [5.74, 6) is 1.22. The Balaban J connectivity index is 1.87. The third-order valence-electron chi connectivity index (χ3n) is 4.64. The van der Waals surface area contributed by atoms with E-state index in [0.29, 0.717) is 11.5 Å². The Labute approximate surface area is 122 Å². The Morgan fingerprint density at radius 2 is 2.05 bits per heavy atom. The van der Waals surface area contributed by atoms with Crippen LogP contribution in [0.25, 0.3) is 0 Å². The summed E-state index contributed by atoms with van der Waals surface area (Å²) in [6.07, 6.45) is 7.38. The first-order valence-electron chi connectivity index (χ1n) is 7.65. The maximum atomic E-state index is 5.59. The molecule has 3 nitrogen and oxygen atoms in total. The molecule has 0 aromatic heterocycles. The number of ether oxygens (including phenoxy) is 1. The second-order valence-electron chi connectivity index (χ2n) is 6.49. The van der Waals surface area contributed by atoms with Gasteiger partial charge in [0.25, 0.3) is 0 Å². The van der Waals surface area contributed by atoms with Crippen LogP contribution in [0.1, 0.15) is 32.6 Å². The zero-order chi connectivity index (χ0) is 13.7. The number of hydrogen-bond donors (Lipinski definition) is 1. The van der Waals surface area contributed by atoms with Crippen molar-refractivity contribution in [2.24, 2.45) is 5.41 Å². The first kappa shape index (κ1) is 15.6. The van der Waals surface area contributed by atoms with Crippen LogP contribution in [-0.2, 0) is 4.74 Å². The van der Waals surface area contributed by atoms with Gasteiger partial charge in [-0.25, -0.2) is 0 Å². The molecule has 2 fully saturated rings. The minimum atomic E-state index is 0.433. The molecule has 19 heavy (non-hydrogen) atoms. The van der Waals surface area contributed by atoms with Crippen LogP contribution in [0, 0.1) is 5.41 Å². The summed E-state index contributed by atoms with van der Waals surface area (Å²) in [4.78, 5) is 2.55. The van der Waals surface area contributed by atoms with Crippen LogP contribution in [0.5, 0.6) is 0 Å². The highest BCUT2D eigenvalue weighted by Gasteiger charge is 2.36. The highest BCUT2D eigenvalue weighted by molar-refractivity contribution is 7.98. The molecule has 1 saturated carbocycles. The van der Waals surface area contributed by atoms with E-state index in [2.05, 4.69) is 30.4 Å². The Kier molecular flexibility index (Phi) is 6.00. The van der Waals surface area contributed by atoms with Crippen molar-refractivity contribution in [3.63, 3.8) is 0 Å². The topological polar surface area (TPSA) is 24.5 Å². The maximum absolute atomic E-state index is 5.59. The fourth-order valence-electron chi connectivity index (χ4n) is 2.90. The van der Waals surface area contributed by atoms with E-state index in [9.17, 15) is 0 Å². The van der Waals surface area contributed by atoms with Crippen LogP contribution in [-0.4, -0.2) is 62.3 Å². The molecule has 0 spiro atoms. The van der Waals surface area contributed by atoms with Crippen molar-refractivity contribution in [3.8, 4) is 0 Å². The second-order valence-corrected chi connectivity index (χ2v) is 7.40. The summed E-state index contributed by atoms with van der Waals surface area (Å²) in [5.41, 5.74) is 0.433. The zero-order valence-electron chi connectivity index (χ0n) is 12.8. The van der Waals surface area contributed by atoms with Gasteiger partial charge in [-0.1, -0.05) is 0 Å². The van der Waals surface area contributed by atoms with Gasteiger partial charge in [0.15, 0.2) is 0 Å². The van der Waals surface area contributed by atoms with Crippen LogP contribution < -0.4 is 5.32 Å². The molecule has 4 heteroatoms. The predicted molar refractivity (Wildman–Crippen MR) is 84.0 cm³/mol. The molecule has 1 aliphatic heterocycles. The van der Waals surface area contributed by atoms with Crippen LogP contribution >= 0.6 is 11.8 Å². The lowest BCUT2D eigenvalue weighted by Crippen LogP contribution is -2.49. The number of rotatable bonds is 8. The Morgan fingerprint density at radius 1 is 1.37 bits per heavy atom. The monoisotopic (exact) mass is 286 g/mol. The SMILES string of the molecule is CSCC(C)N(C)CC1(CNC2CC2)CCOCC1. The van der Waals surface area contributed by atoms with Gasteiger partial charge in [0.2, 0.25) is 0 Å². The van der Waals surface area contributed by atoms with Crippen molar-refractivity contribution in [2.75, 3.05) is 45.4 Å². The molecule has 0 radical (unpaired) electrons. The van der Waals surface area contributed by atoms with Crippen LogP contribution in [0.4, 0.5) is 0 Å². The average Bonchev–Trinajstić information content (AvgIpc) is 3.22. The first-order chi connectivity index (χ1) is 9.15. The lowest BCUT2D eigenvalue weighted by molar-refractivity contribution is -0.00452. The van der Waals surface area contributed by atoms with E-state index in [1.165, 1.54) is 44.5 Å². The molecule has 1 saturated heterocycles. The van der Waals surface area contributed by atoms with Crippen molar-refractivity contribution < 1.29 is 4.74 Å². The maximum Gasteiger partial charge on any atom is 0.0472 e. The second kappa shape index (κ2) is 7.30. The van der Waals surface area contributed by atoms with Crippen molar-refractivity contribution in [1.29, 1.82) is 0 Å². The standard InChI is InChI=1S/C15H30N2OS/c1-13(10-19-3)17(2)12-15(6-8-18-9-7-15)11-16-14-4-5-14/h13-14,16H,4-12H2,1-3H3. The molecule has 1 heterocycles. The van der Waals surface area contributed by atoms with Gasteiger partial charge in [0, 0.05) is 44.1 Å². The highest BCUT2D eigenvalue weighted by Crippen LogP contribution is 2.32. The van der Waals surface area contributed by atoms with Gasteiger partial charge in [-0.05, 0) is 51.3 Å². The number of nitrogens with zero attached hydrogens (tertiary/aromatic N) is 1. The van der Waals surface area contributed by atoms with Gasteiger partial charge in [-0.15, -0.1) is 0 Å². The minimum absolute atomic E-state index is 0.433. The summed E-state index contributed by atoms with van der Waals surface area (Å²) < 4.78 is 5.59. The van der Waals surface area contributed by atoms with Crippen LogP contribution in [0.15, 0.2) is 0 Å². The van der Waals surface area contributed by atoms with E-state index < -0.39 is 0 Å². The van der Waals surface area contributed by atoms with Crippen molar-refractivity contribution >= 4 is 11.8 Å². The fraction of sp³-hybridized carbons (Fsp3) is 1.00. The molecule has 2 aliphatic rings. The van der Waals surface area contributed by atoms with Crippen LogP contribution in [0.2, 0.25) is 0 Å². The van der Waals surface area contributed by atoms with Gasteiger partial charge in [0.1, 0.15) is 0 Å². The molecule has 1 atom stereocenters. The molecule has 2 rings (SSSR count). The summed E-state index contributed by atoms with van der Waals surface area (Å²) in [6, 6.07) is 1.48. The minimum Gasteiger partial charge on any atom is -0.381 e. The lowest BCUT2D eigenvalue weighted by Gasteiger charge is -2.42. The van der Waals surface area contributed by atoms with Gasteiger partial charge in [-0.3, -0.25) is 0 Å². The molecule has 1 aliphatic carbocycles. The van der Waals surface area contributed by atoms with Gasteiger partial charge in [-0.2, -0.15) is 11.8 Å². The third kappa shape index (κ3) is 4.92. The zero-order valence-corrected chi connectivity index (χ0v) is 13.6. The Morgan fingerprint density at radius 3 is 2.63 bits per heavy atom. The molecule has 0 bridgehead atoms. The van der Waals surface area contributed by atoms with Crippen molar-refractivity contribution in [2.45, 2.75) is 44.7 Å². The molecule has 1 unspecified atom stereocenters. The van der Waals surface area contributed by atoms with Crippen molar-refractivity contribution in [3.05, 3.63) is 0 Å². The Hall–Kier alpha value is 0.230. The molecule has 1 N–H and O–H groups in total. The third-order valence-corrected chi connectivity index (χ3v) is 5.46. The van der Waals surface area contributed by atoms with Gasteiger partial charge in [0.05, 0.1) is 0 Å². The lowest BCUT2D eigenvalue weighted by atomic mass is 9.79. The van der Waals surface area contributed by atoms with E-state index in [1.54, 1.807) is 0 Å². The smallest absolute Gasteiger partial charge is 0.0472 e. The quantitative estimate of drug-likeness (QED) is 0.739. The van der Waals surface area contributed by atoms with E-state index in [0.717, 1.165) is 19.3 Å². The molecule has 0 aromatic rings. The molecule has 0 aromatic carbocycles. The summed E-state index contributed by atoms with van der Waals surface area (Å²) in [6.45, 7) is 6.61. The number of nitrogens with one attached hydrogen (secondary N) is 1. The normalized spacial score (nSPS) is 24.6. The van der Waals surface area contributed by atoms with E-state index in [1.807, 2.05) is 11.8 Å². The fourth-order valence-corrected chi connectivity index (χ4v) is 3.63. The van der Waals surface area contributed by atoms with E-state index in [4.69, 9.17) is 4.74 Å². The van der Waals surface area contributed by atoms with Crippen LogP contribution in [0.3, 0.4) is 0 Å². The van der Waals surface area contributed by atoms with E-state index in [-0.39, 0.29) is 0 Å². The van der Waals surface area contributed by atoms with Gasteiger partial charge >= 0.3 is 0 Å². The summed E-state index contributed by atoms with van der Waals surface area (Å²) in [7, 11) is 2.29. The van der Waals surface area contributed by atoms with E-state index >= 15 is 0 Å². The molecular weight excluding hydrogens is 256 g/mol. The first-order valence-corrected chi connectivity index (χ1v) is 9.05. The molecular formula is C15H30N2OS. The predicted octanol–water partition coefficient (Wildman–Crippen LogP) is 2.22. The highest BCUT2D eigenvalue weighted by atomic mass is 32.2. The van der Waals surface area contributed by atoms with Crippen molar-refractivity contribution in [1.82, 2.24) is 10.2 Å². The number of hydrogen-bond acceptors (Lipinski definition) is 4. The Bertz CT molecular complexity index is 265. The van der Waals surface area contributed by atoms with Gasteiger partial charge < -0.3 is 15.0 Å². The summed E-state index contributed by atoms with van der Waals surface area (Å²) in [5, 5.41) is 3.76.